The van der Waals surface area contributed by atoms with Crippen LogP contribution in [0.5, 0.6) is 0 Å². The number of ketones is 4. The number of carbonyl (C=O) groups excluding carboxylic acids is 4. The lowest BCUT2D eigenvalue weighted by Gasteiger charge is -2.33. The quantitative estimate of drug-likeness (QED) is 0.0224. The molecule has 0 bridgehead atoms. The predicted octanol–water partition coefficient (Wildman–Crippen LogP) is 33.5. The van der Waals surface area contributed by atoms with Crippen molar-refractivity contribution in [2.24, 2.45) is 33.7 Å². The maximum atomic E-state index is 17.6. The molecule has 12 heteroatoms. The highest BCUT2D eigenvalue weighted by atomic mass is 32.1. The van der Waals surface area contributed by atoms with Crippen molar-refractivity contribution < 1.29 is 19.2 Å². The average molecular weight is 1770 g/mol. The Bertz CT molecular complexity index is 3800. The summed E-state index contributed by atoms with van der Waals surface area (Å²) in [6.07, 6.45) is 79.3. The maximum Gasteiger partial charge on any atom is 0.275 e. The molecule has 6 aromatic heterocycles. The third-order valence-electron chi connectivity index (χ3n) is 28.4. The number of H-pyrrole nitrogens is 2. The third-order valence-corrected chi connectivity index (χ3v) is 31.9. The van der Waals surface area contributed by atoms with Crippen LogP contribution in [-0.4, -0.2) is 44.2 Å². The van der Waals surface area contributed by atoms with Crippen molar-refractivity contribution >= 4 is 79.6 Å². The first-order valence-corrected chi connectivity index (χ1v) is 56.5. The zero-order valence-corrected chi connectivity index (χ0v) is 83.7. The summed E-state index contributed by atoms with van der Waals surface area (Å²) in [7, 11) is 0. The number of fused-ring (bicyclic) bond motifs is 2. The van der Waals surface area contributed by atoms with Crippen LogP contribution in [0.2, 0.25) is 0 Å². The van der Waals surface area contributed by atoms with E-state index in [-0.39, 0.29) is 24.7 Å². The number of hydrogen-bond acceptors (Lipinski definition) is 10. The van der Waals surface area contributed by atoms with Crippen LogP contribution in [-0.2, 0) is 32.0 Å². The Hall–Kier alpha value is -4.62. The van der Waals surface area contributed by atoms with Gasteiger partial charge >= 0.3 is 0 Å². The number of nitrogens with one attached hydrogen (secondary N) is 2. The molecule has 0 aliphatic carbocycles. The first-order chi connectivity index (χ1) is 61.0. The van der Waals surface area contributed by atoms with E-state index in [9.17, 15) is 0 Å². The van der Waals surface area contributed by atoms with Gasteiger partial charge in [0.15, 0.2) is 11.1 Å². The standard InChI is InChI=1S/C112H178N4O4S4/c1-9-17-25-33-41-45-53-59-71-89(69-57-49-37-29-21-13-5)85-93-99(95-77-65-81-121-95)103-105(113-93)101(97-79-67-83-123-97)111(115-103,87-91(73-61-51-39-31-23-15-7)75-63-55-47-43-35-27-19-11-3)109(119)107(117)108(118)110(120)112(88-92(74-62-52-40-32-24-16-8)76-64-56-48-44-36-28-20-12-4)102(98-80-68-84-124-98)106-104(116-112)100(96-78-66-82-122-96)94(114-106)86-90(70-58-50-38-30-22-14-6)72-60-54-46-42-34-26-18-10-2/h65-68,77-84,89-92,113-114H,9-64,69-76,85-88H2,1-8H3. The van der Waals surface area contributed by atoms with Crippen molar-refractivity contribution in [3.8, 4) is 20.9 Å². The number of rotatable bonds is 81. The Kier molecular flexibility index (Phi) is 52.9. The van der Waals surface area contributed by atoms with Crippen LogP contribution in [0.1, 0.15) is 500 Å². The smallest absolute Gasteiger partial charge is 0.275 e. The summed E-state index contributed by atoms with van der Waals surface area (Å²) >= 11 is 6.65. The molecule has 124 heavy (non-hydrogen) atoms. The van der Waals surface area contributed by atoms with Crippen molar-refractivity contribution in [2.75, 3.05) is 0 Å². The minimum Gasteiger partial charge on any atom is -0.356 e. The largest absolute Gasteiger partial charge is 0.356 e. The lowest BCUT2D eigenvalue weighted by atomic mass is 9.71. The molecule has 6 aromatic rings. The van der Waals surface area contributed by atoms with Crippen molar-refractivity contribution in [2.45, 2.75) is 503 Å². The van der Waals surface area contributed by atoms with Gasteiger partial charge in [-0.25, -0.2) is 0 Å². The van der Waals surface area contributed by atoms with Gasteiger partial charge in [0.05, 0.1) is 21.4 Å². The molecule has 0 fully saturated rings. The van der Waals surface area contributed by atoms with Crippen LogP contribution >= 0.6 is 45.3 Å². The average Bonchev–Trinajstić information content (AvgIpc) is 1.55. The Morgan fingerprint density at radius 3 is 0.685 bits per heavy atom. The minimum absolute atomic E-state index is 0.0178. The summed E-state index contributed by atoms with van der Waals surface area (Å²) in [5.41, 5.74) is 2.25. The molecule has 0 radical (unpaired) electrons. The lowest BCUT2D eigenvalue weighted by Crippen LogP contribution is -2.52. The second kappa shape index (κ2) is 62.6. The highest BCUT2D eigenvalue weighted by Crippen LogP contribution is 2.47. The van der Waals surface area contributed by atoms with Crippen LogP contribution in [0, 0.1) is 23.7 Å². The van der Waals surface area contributed by atoms with E-state index in [1.807, 2.05) is 0 Å². The maximum absolute atomic E-state index is 17.6. The molecule has 0 amide bonds. The van der Waals surface area contributed by atoms with E-state index in [2.05, 4.69) is 135 Å². The third kappa shape index (κ3) is 34.3. The molecule has 2 aliphatic heterocycles. The number of unbranched alkanes of at least 4 members (excludes halogenated alkanes) is 48. The van der Waals surface area contributed by atoms with Crippen LogP contribution < -0.4 is 21.4 Å². The van der Waals surface area contributed by atoms with Gasteiger partial charge in [-0.1, -0.05) is 491 Å². The number of aromatic amines is 2. The topological polar surface area (TPSA) is 125 Å². The van der Waals surface area contributed by atoms with Gasteiger partial charge in [0.1, 0.15) is 0 Å². The first-order valence-electron chi connectivity index (χ1n) is 53.0. The van der Waals surface area contributed by atoms with Gasteiger partial charge in [-0.05, 0) is 95.1 Å². The van der Waals surface area contributed by atoms with E-state index in [0.29, 0.717) is 11.8 Å². The molecule has 0 saturated carbocycles. The first kappa shape index (κ1) is 105. The minimum atomic E-state index is -1.80. The summed E-state index contributed by atoms with van der Waals surface area (Å²) in [5, 5.41) is 11.7. The molecular formula is C112H178N4O4S4. The summed E-state index contributed by atoms with van der Waals surface area (Å²) in [5.74, 6) is -3.21. The Balaban J connectivity index is 1.32. The van der Waals surface area contributed by atoms with Crippen molar-refractivity contribution in [3.05, 3.63) is 113 Å². The number of carbonyl (C=O) groups is 4. The molecule has 0 saturated heterocycles. The normalized spacial score (nSPS) is 16.0. The molecule has 6 atom stereocenters. The van der Waals surface area contributed by atoms with E-state index in [1.54, 1.807) is 45.3 Å². The van der Waals surface area contributed by atoms with E-state index >= 15 is 19.2 Å². The van der Waals surface area contributed by atoms with Gasteiger partial charge < -0.3 is 9.97 Å². The van der Waals surface area contributed by atoms with Gasteiger partial charge in [0.2, 0.25) is 11.6 Å². The lowest BCUT2D eigenvalue weighted by molar-refractivity contribution is -0.150. The number of hydrogen-bond donors (Lipinski definition) is 2. The molecule has 2 aliphatic rings. The molecule has 694 valence electrons. The molecular weight excluding hydrogens is 1590 g/mol. The Morgan fingerprint density at radius 2 is 0.476 bits per heavy atom. The van der Waals surface area contributed by atoms with Crippen LogP contribution in [0.3, 0.4) is 0 Å². The predicted molar refractivity (Wildman–Crippen MR) is 540 cm³/mol. The Morgan fingerprint density at radius 1 is 0.274 bits per heavy atom. The van der Waals surface area contributed by atoms with Gasteiger partial charge in [-0.3, -0.25) is 29.2 Å². The fourth-order valence-electron chi connectivity index (χ4n) is 21.1. The Labute approximate surface area is 773 Å². The van der Waals surface area contributed by atoms with E-state index < -0.39 is 34.2 Å². The zero-order valence-electron chi connectivity index (χ0n) is 80.5. The highest BCUT2D eigenvalue weighted by molar-refractivity contribution is 7.14. The summed E-state index contributed by atoms with van der Waals surface area (Å²) < 4.78 is 0. The SMILES string of the molecule is CCCCCCCCCCC(CCCCCCCC)Cc1[nH]c2c(c1-c1cccs1)=NC(CC(CCCCCCCC)CCCCCCCCCC)(C(=O)C(=O)C(=O)C(=O)C1(CC(CCCCCCCC)CCCCCCCCCC)N=c3c(-c4cccs4)c(CC(CCCCCCCC)CCCCCCCCCC)[nH]c3=C1c1cccs1)C=2c1cccs1. The molecule has 8 rings (SSSR count). The number of Topliss-reactive ketones (excluding diaryl/α,β-unsaturated/α-hetero) is 4. The number of aromatic nitrogens is 2. The van der Waals surface area contributed by atoms with Gasteiger partial charge in [-0.2, -0.15) is 0 Å². The van der Waals surface area contributed by atoms with Crippen LogP contribution in [0.4, 0.5) is 0 Å². The summed E-state index contributed by atoms with van der Waals surface area (Å²) in [6.45, 7) is 18.4. The molecule has 0 spiro atoms. The molecule has 6 unspecified atom stereocenters. The molecule has 8 heterocycles. The fraction of sp³-hybridized carbons (Fsp3) is 0.732. The van der Waals surface area contributed by atoms with E-state index in [0.717, 1.165) is 164 Å². The molecule has 8 nitrogen and oxygen atoms in total. The monoisotopic (exact) mass is 1770 g/mol. The second-order valence-electron chi connectivity index (χ2n) is 38.9. The van der Waals surface area contributed by atoms with E-state index in [4.69, 9.17) is 9.98 Å². The highest BCUT2D eigenvalue weighted by Gasteiger charge is 2.57. The van der Waals surface area contributed by atoms with Crippen molar-refractivity contribution in [1.82, 2.24) is 9.97 Å². The fourth-order valence-corrected chi connectivity index (χ4v) is 24.4. The van der Waals surface area contributed by atoms with Crippen molar-refractivity contribution in [3.63, 3.8) is 0 Å². The summed E-state index contributed by atoms with van der Waals surface area (Å²) in [4.78, 5) is 93.9. The van der Waals surface area contributed by atoms with Crippen LogP contribution in [0.25, 0.3) is 32.0 Å². The number of nitrogens with zero attached hydrogens (tertiary/aromatic N) is 2. The second-order valence-corrected chi connectivity index (χ2v) is 42.7. The van der Waals surface area contributed by atoms with Gasteiger partial charge in [0.25, 0.3) is 11.6 Å². The van der Waals surface area contributed by atoms with Gasteiger partial charge in [-0.15, -0.1) is 45.3 Å². The molecule has 2 N–H and O–H groups in total. The molecule has 0 aromatic carbocycles. The summed E-state index contributed by atoms with van der Waals surface area (Å²) in [6, 6.07) is 17.2. The zero-order chi connectivity index (χ0) is 87.9. The van der Waals surface area contributed by atoms with Crippen LogP contribution in [0.15, 0.2) is 80.0 Å². The number of thiophene rings is 4. The van der Waals surface area contributed by atoms with Gasteiger partial charge in [0, 0.05) is 53.2 Å². The van der Waals surface area contributed by atoms with Crippen molar-refractivity contribution in [1.29, 1.82) is 0 Å². The van der Waals surface area contributed by atoms with E-state index in [1.165, 1.54) is 334 Å².